The number of piperazine rings is 1. The van der Waals surface area contributed by atoms with E-state index in [0.717, 1.165) is 69.7 Å². The predicted molar refractivity (Wildman–Crippen MR) is 251 cm³/mol. The molecule has 5 aliphatic rings. The van der Waals surface area contributed by atoms with Crippen LogP contribution in [0, 0.1) is 5.41 Å². The highest BCUT2D eigenvalue weighted by atomic mass is 32.2. The molecule has 1 amide bonds. The molecule has 1 spiro atoms. The third-order valence-corrected chi connectivity index (χ3v) is 15.9. The largest absolute Gasteiger partial charge is 0.455 e. The maximum Gasteiger partial charge on any atom is 0.335 e. The number of carbonyl (C=O) groups is 2. The maximum atomic E-state index is 14.1. The highest BCUT2D eigenvalue weighted by molar-refractivity contribution is 7.90. The molecule has 342 valence electrons. The third kappa shape index (κ3) is 8.64. The number of nitrogens with two attached hydrogens (primary N) is 1. The number of hydrogen-bond donors (Lipinski definition) is 4. The second-order valence-corrected chi connectivity index (χ2v) is 20.8. The van der Waals surface area contributed by atoms with Gasteiger partial charge in [-0.25, -0.2) is 22.9 Å². The van der Waals surface area contributed by atoms with Gasteiger partial charge < -0.3 is 35.3 Å². The number of aromatic nitrogens is 2. The highest BCUT2D eigenvalue weighted by Gasteiger charge is 2.50. The molecule has 4 fully saturated rings. The van der Waals surface area contributed by atoms with E-state index in [0.29, 0.717) is 47.0 Å². The zero-order chi connectivity index (χ0) is 45.0. The van der Waals surface area contributed by atoms with E-state index < -0.39 is 27.9 Å². The number of pyridine rings is 1. The third-order valence-electron chi connectivity index (χ3n) is 14.6. The molecule has 10 rings (SSSR count). The van der Waals surface area contributed by atoms with Gasteiger partial charge in [-0.15, -0.1) is 0 Å². The van der Waals surface area contributed by atoms with Gasteiger partial charge in [0.1, 0.15) is 28.9 Å². The number of sulfonamides is 1. The first-order chi connectivity index (χ1) is 31.3. The number of nitrogens with zero attached hydrogens (tertiary/aromatic N) is 5. The van der Waals surface area contributed by atoms with Crippen molar-refractivity contribution in [1.29, 1.82) is 0 Å². The molecule has 0 bridgehead atoms. The number of aromatic amines is 1. The lowest BCUT2D eigenvalue weighted by atomic mass is 9.59. The molecule has 4 aliphatic heterocycles. The van der Waals surface area contributed by atoms with Crippen molar-refractivity contribution in [2.75, 3.05) is 75.4 Å². The van der Waals surface area contributed by atoms with E-state index in [2.05, 4.69) is 84.8 Å². The molecule has 2 atom stereocenters. The Kier molecular flexibility index (Phi) is 11.5. The number of piperidine rings is 1. The van der Waals surface area contributed by atoms with Gasteiger partial charge in [-0.3, -0.25) is 14.6 Å². The number of anilines is 3. The zero-order valence-electron chi connectivity index (χ0n) is 37.4. The first-order valence-electron chi connectivity index (χ1n) is 23.1. The van der Waals surface area contributed by atoms with E-state index in [-0.39, 0.29) is 27.6 Å². The molecule has 1 aliphatic carbocycles. The minimum atomic E-state index is -4.51. The van der Waals surface area contributed by atoms with Gasteiger partial charge in [0.25, 0.3) is 15.9 Å². The fourth-order valence-electron chi connectivity index (χ4n) is 10.9. The molecule has 1 saturated carbocycles. The number of H-pyrrole nitrogens is 1. The second kappa shape index (κ2) is 17.3. The topological polar surface area (TPSA) is 178 Å². The predicted octanol–water partition coefficient (Wildman–Crippen LogP) is 6.71. The number of carbonyl (C=O) groups excluding carboxylic acids is 2. The number of ether oxygens (including phenoxy) is 2. The van der Waals surface area contributed by atoms with Crippen LogP contribution in [0.4, 0.5) is 17.1 Å². The molecule has 3 aromatic carbocycles. The number of nitrogens with one attached hydrogen (secondary N) is 3. The van der Waals surface area contributed by atoms with E-state index in [4.69, 9.17) is 15.2 Å². The Morgan fingerprint density at radius 1 is 1.00 bits per heavy atom. The van der Waals surface area contributed by atoms with Gasteiger partial charge in [-0.2, -0.15) is 0 Å². The van der Waals surface area contributed by atoms with Crippen LogP contribution in [0.15, 0.2) is 84.0 Å². The van der Waals surface area contributed by atoms with Crippen LogP contribution >= 0.6 is 0 Å². The first kappa shape index (κ1) is 43.2. The summed E-state index contributed by atoms with van der Waals surface area (Å²) in [6.45, 7) is 11.3. The van der Waals surface area contributed by atoms with Gasteiger partial charge in [-0.05, 0) is 105 Å². The lowest BCUT2D eigenvalue weighted by molar-refractivity contribution is -0.136. The SMILES string of the molecule is CC(C)c1ccccc1[C@@H]1CCCN1C1CC2(CCN(c3ccc(C(=O)NS(=O)(=O)c4cc(N)c5c(c4)OC(=O)[C@H](CN4CCN(C)CC4)N5)c(Oc4cnc5[nH]ccc5c4)c3)CC2)C1. The minimum absolute atomic E-state index is 0.0202. The summed E-state index contributed by atoms with van der Waals surface area (Å²) in [5, 5.41) is 3.98. The van der Waals surface area contributed by atoms with E-state index in [1.165, 1.54) is 48.9 Å². The van der Waals surface area contributed by atoms with Crippen LogP contribution in [0.2, 0.25) is 0 Å². The molecule has 16 heteroatoms. The van der Waals surface area contributed by atoms with Crippen LogP contribution < -0.4 is 30.1 Å². The summed E-state index contributed by atoms with van der Waals surface area (Å²) < 4.78 is 42.1. The number of benzene rings is 3. The van der Waals surface area contributed by atoms with E-state index in [1.54, 1.807) is 18.5 Å². The van der Waals surface area contributed by atoms with Crippen molar-refractivity contribution in [2.24, 2.45) is 5.41 Å². The summed E-state index contributed by atoms with van der Waals surface area (Å²) in [6.07, 6.45) is 10.4. The Bertz CT molecular complexity index is 2720. The second-order valence-electron chi connectivity index (χ2n) is 19.1. The van der Waals surface area contributed by atoms with Gasteiger partial charge >= 0.3 is 5.97 Å². The smallest absolute Gasteiger partial charge is 0.335 e. The van der Waals surface area contributed by atoms with Gasteiger partial charge in [0.15, 0.2) is 5.75 Å². The van der Waals surface area contributed by atoms with Gasteiger partial charge in [-0.1, -0.05) is 38.1 Å². The number of hydrogen-bond acceptors (Lipinski definition) is 13. The molecular formula is C49H59N9O6S. The summed E-state index contributed by atoms with van der Waals surface area (Å²) in [5.74, 6) is -0.373. The summed E-state index contributed by atoms with van der Waals surface area (Å²) >= 11 is 0. The Morgan fingerprint density at radius 2 is 1.78 bits per heavy atom. The summed E-state index contributed by atoms with van der Waals surface area (Å²) in [5.41, 5.74) is 11.7. The Hall–Kier alpha value is -5.68. The lowest BCUT2D eigenvalue weighted by Crippen LogP contribution is -2.54. The number of amides is 1. The normalized spacial score (nSPS) is 21.8. The molecule has 0 unspecified atom stereocenters. The fraction of sp³-hybridized carbons (Fsp3) is 0.449. The number of fused-ring (bicyclic) bond motifs is 2. The van der Waals surface area contributed by atoms with Crippen LogP contribution in [0.25, 0.3) is 11.0 Å². The van der Waals surface area contributed by atoms with Crippen molar-refractivity contribution in [3.8, 4) is 17.2 Å². The Morgan fingerprint density at radius 3 is 2.57 bits per heavy atom. The number of likely N-dealkylation sites (tertiary alicyclic amines) is 1. The van der Waals surface area contributed by atoms with Crippen LogP contribution in [0.1, 0.15) is 85.8 Å². The quantitative estimate of drug-likeness (QED) is 0.0625. The molecular weight excluding hydrogens is 843 g/mol. The highest BCUT2D eigenvalue weighted by Crippen LogP contribution is 2.54. The minimum Gasteiger partial charge on any atom is -0.455 e. The molecule has 15 nitrogen and oxygen atoms in total. The average Bonchev–Trinajstić information content (AvgIpc) is 3.97. The Labute approximate surface area is 380 Å². The van der Waals surface area contributed by atoms with Crippen LogP contribution in [-0.4, -0.2) is 116 Å². The maximum absolute atomic E-state index is 14.1. The number of likely N-dealkylation sites (N-methyl/N-ethyl adjacent to an activating group) is 1. The summed E-state index contributed by atoms with van der Waals surface area (Å²) in [6, 6.07) is 20.9. The van der Waals surface area contributed by atoms with Crippen LogP contribution in [0.5, 0.6) is 17.2 Å². The Balaban J connectivity index is 0.839. The number of nitrogen functional groups attached to an aromatic ring is 1. The summed E-state index contributed by atoms with van der Waals surface area (Å²) in [4.78, 5) is 43.9. The average molecular weight is 902 g/mol. The molecule has 0 radical (unpaired) electrons. The van der Waals surface area contributed by atoms with Crippen molar-refractivity contribution in [3.05, 3.63) is 95.8 Å². The van der Waals surface area contributed by atoms with Crippen molar-refractivity contribution >= 4 is 50.0 Å². The van der Waals surface area contributed by atoms with E-state index in [1.807, 2.05) is 24.3 Å². The molecule has 2 aromatic heterocycles. The van der Waals surface area contributed by atoms with E-state index in [9.17, 15) is 18.0 Å². The van der Waals surface area contributed by atoms with Crippen LogP contribution in [-0.2, 0) is 14.8 Å². The fourth-order valence-corrected chi connectivity index (χ4v) is 11.9. The zero-order valence-corrected chi connectivity index (χ0v) is 38.2. The molecule has 5 N–H and O–H groups in total. The molecule has 6 heterocycles. The number of esters is 1. The molecule has 3 saturated heterocycles. The van der Waals surface area contributed by atoms with Crippen LogP contribution in [0.3, 0.4) is 0 Å². The van der Waals surface area contributed by atoms with Crippen molar-refractivity contribution in [2.45, 2.75) is 81.3 Å². The van der Waals surface area contributed by atoms with Crippen molar-refractivity contribution in [1.82, 2.24) is 29.4 Å². The lowest BCUT2D eigenvalue weighted by Gasteiger charge is -2.56. The molecule has 5 aromatic rings. The first-order valence-corrected chi connectivity index (χ1v) is 24.5. The van der Waals surface area contributed by atoms with Gasteiger partial charge in [0, 0.05) is 87.3 Å². The van der Waals surface area contributed by atoms with Crippen molar-refractivity contribution in [3.63, 3.8) is 0 Å². The molecule has 65 heavy (non-hydrogen) atoms. The van der Waals surface area contributed by atoms with Crippen molar-refractivity contribution < 1.29 is 27.5 Å². The monoisotopic (exact) mass is 901 g/mol. The summed E-state index contributed by atoms with van der Waals surface area (Å²) in [7, 11) is -2.45. The standard InChI is InChI=1S/C49H59N9O6S/c1-31(2)37-7-4-5-8-38(37)42-9-6-16-58(42)34-27-49(28-34)13-17-57(18-14-49)33-10-11-39(43(24-33)63-35-23-32-12-15-51-46(32)52-29-35)47(59)54-65(61,62)36-25-40(50)45-44(26-36)64-48(60)41(53-45)30-56-21-19-55(3)20-22-56/h4-5,7-8,10-12,15,23-26,29,31,34,41-42,53H,6,9,13-14,16-22,27-28,30,50H2,1-3H3,(H,51,52)(H,54,59)/t41-,42-/m0/s1. The van der Waals surface area contributed by atoms with Gasteiger partial charge in [0.05, 0.1) is 22.3 Å². The van der Waals surface area contributed by atoms with E-state index >= 15 is 0 Å². The number of rotatable bonds is 11. The van der Waals surface area contributed by atoms with Gasteiger partial charge in [0.2, 0.25) is 0 Å².